The van der Waals surface area contributed by atoms with Gasteiger partial charge in [0.25, 0.3) is 0 Å². The average molecular weight is 355 g/mol. The fraction of sp³-hybridized carbons (Fsp3) is 0.211. The first-order valence-corrected chi connectivity index (χ1v) is 8.50. The number of para-hydroxylation sites is 1. The van der Waals surface area contributed by atoms with Gasteiger partial charge in [-0.3, -0.25) is 10.9 Å². The van der Waals surface area contributed by atoms with Gasteiger partial charge in [-0.2, -0.15) is 0 Å². The summed E-state index contributed by atoms with van der Waals surface area (Å²) in [5.74, 6) is 0.835. The Kier molecular flexibility index (Phi) is 5.87. The standard InChI is InChI=1S/C19H21N3O2S/c1-23-12-11-20-19(25)22-21-16-13-18(14-7-3-2-4-8-14)24-17-10-6-5-9-15(16)17/h2-10,13,18,21H,11-12H2,1H3,(H2,20,22,25)/t18-/m1/s1. The molecule has 3 rings (SSSR count). The molecule has 0 fully saturated rings. The highest BCUT2D eigenvalue weighted by Crippen LogP contribution is 2.35. The summed E-state index contributed by atoms with van der Waals surface area (Å²) in [4.78, 5) is 0. The summed E-state index contributed by atoms with van der Waals surface area (Å²) < 4.78 is 11.1. The maximum atomic E-state index is 6.13. The summed E-state index contributed by atoms with van der Waals surface area (Å²) in [6, 6.07) is 18.0. The number of thiocarbonyl (C=S) groups is 1. The number of rotatable bonds is 6. The van der Waals surface area contributed by atoms with Gasteiger partial charge in [-0.25, -0.2) is 0 Å². The summed E-state index contributed by atoms with van der Waals surface area (Å²) in [6.45, 7) is 1.24. The van der Waals surface area contributed by atoms with Crippen LogP contribution in [0.4, 0.5) is 0 Å². The Labute approximate surface area is 153 Å². The molecular weight excluding hydrogens is 334 g/mol. The van der Waals surface area contributed by atoms with Gasteiger partial charge in [-0.05, 0) is 36.0 Å². The predicted octanol–water partition coefficient (Wildman–Crippen LogP) is 2.78. The van der Waals surface area contributed by atoms with Gasteiger partial charge in [0.15, 0.2) is 5.11 Å². The van der Waals surface area contributed by atoms with Crippen LogP contribution in [0.25, 0.3) is 5.70 Å². The minimum absolute atomic E-state index is 0.157. The van der Waals surface area contributed by atoms with Crippen molar-refractivity contribution in [2.75, 3.05) is 20.3 Å². The largest absolute Gasteiger partial charge is 0.481 e. The Balaban J connectivity index is 1.74. The normalized spacial score (nSPS) is 15.4. The lowest BCUT2D eigenvalue weighted by Gasteiger charge is -2.26. The Hall–Kier alpha value is -2.57. The van der Waals surface area contributed by atoms with Crippen LogP contribution in [-0.2, 0) is 4.74 Å². The smallest absolute Gasteiger partial charge is 0.185 e. The number of hydrogen-bond acceptors (Lipinski definition) is 4. The van der Waals surface area contributed by atoms with Gasteiger partial charge in [0.2, 0.25) is 0 Å². The van der Waals surface area contributed by atoms with Crippen LogP contribution in [0.15, 0.2) is 60.7 Å². The van der Waals surface area contributed by atoms with Crippen LogP contribution in [0.5, 0.6) is 5.75 Å². The number of ether oxygens (including phenoxy) is 2. The van der Waals surface area contributed by atoms with E-state index in [0.29, 0.717) is 18.3 Å². The summed E-state index contributed by atoms with van der Waals surface area (Å²) >= 11 is 5.26. The lowest BCUT2D eigenvalue weighted by molar-refractivity contribution is 0.204. The number of hydrogen-bond donors (Lipinski definition) is 3. The fourth-order valence-corrected chi connectivity index (χ4v) is 2.71. The molecule has 0 bridgehead atoms. The molecule has 0 saturated heterocycles. The first-order chi connectivity index (χ1) is 12.3. The molecule has 6 heteroatoms. The summed E-state index contributed by atoms with van der Waals surface area (Å²) in [6.07, 6.45) is 1.89. The van der Waals surface area contributed by atoms with E-state index in [9.17, 15) is 0 Å². The third-order valence-electron chi connectivity index (χ3n) is 3.78. The molecule has 130 valence electrons. The minimum Gasteiger partial charge on any atom is -0.481 e. The number of fused-ring (bicyclic) bond motifs is 1. The zero-order valence-electron chi connectivity index (χ0n) is 14.0. The van der Waals surface area contributed by atoms with Gasteiger partial charge in [0.05, 0.1) is 12.3 Å². The first-order valence-electron chi connectivity index (χ1n) is 8.09. The van der Waals surface area contributed by atoms with Crippen LogP contribution in [0.3, 0.4) is 0 Å². The van der Waals surface area contributed by atoms with E-state index >= 15 is 0 Å². The molecule has 3 N–H and O–H groups in total. The molecule has 2 aromatic carbocycles. The van der Waals surface area contributed by atoms with E-state index in [-0.39, 0.29) is 6.10 Å². The highest BCUT2D eigenvalue weighted by molar-refractivity contribution is 7.80. The zero-order chi connectivity index (χ0) is 17.5. The molecule has 0 spiro atoms. The second-order valence-electron chi connectivity index (χ2n) is 5.52. The lowest BCUT2D eigenvalue weighted by atomic mass is 10.0. The van der Waals surface area contributed by atoms with Crippen molar-refractivity contribution < 1.29 is 9.47 Å². The minimum atomic E-state index is -0.157. The molecule has 25 heavy (non-hydrogen) atoms. The Morgan fingerprint density at radius 2 is 1.88 bits per heavy atom. The molecule has 1 atom stereocenters. The average Bonchev–Trinajstić information content (AvgIpc) is 2.67. The van der Waals surface area contributed by atoms with Crippen molar-refractivity contribution in [3.8, 4) is 5.75 Å². The predicted molar refractivity (Wildman–Crippen MR) is 103 cm³/mol. The van der Waals surface area contributed by atoms with Crippen LogP contribution >= 0.6 is 12.2 Å². The molecule has 0 radical (unpaired) electrons. The molecule has 5 nitrogen and oxygen atoms in total. The Morgan fingerprint density at radius 3 is 2.68 bits per heavy atom. The highest BCUT2D eigenvalue weighted by Gasteiger charge is 2.21. The number of benzene rings is 2. The third-order valence-corrected chi connectivity index (χ3v) is 4.03. The van der Waals surface area contributed by atoms with Crippen molar-refractivity contribution in [3.05, 3.63) is 71.8 Å². The van der Waals surface area contributed by atoms with E-state index in [1.54, 1.807) is 7.11 Å². The molecule has 1 heterocycles. The van der Waals surface area contributed by atoms with E-state index in [1.165, 1.54) is 0 Å². The molecule has 1 aliphatic heterocycles. The van der Waals surface area contributed by atoms with Gasteiger partial charge in [0, 0.05) is 19.2 Å². The molecule has 0 unspecified atom stereocenters. The number of methoxy groups -OCH3 is 1. The van der Waals surface area contributed by atoms with E-state index < -0.39 is 0 Å². The zero-order valence-corrected chi connectivity index (χ0v) is 14.8. The quantitative estimate of drug-likeness (QED) is 0.421. The Morgan fingerprint density at radius 1 is 1.12 bits per heavy atom. The van der Waals surface area contributed by atoms with Crippen LogP contribution < -0.4 is 20.9 Å². The lowest BCUT2D eigenvalue weighted by Crippen LogP contribution is -2.44. The van der Waals surface area contributed by atoms with Gasteiger partial charge >= 0.3 is 0 Å². The third kappa shape index (κ3) is 4.49. The topological polar surface area (TPSA) is 54.5 Å². The molecular formula is C19H21N3O2S. The molecule has 0 aromatic heterocycles. The Bertz CT molecular complexity index is 749. The van der Waals surface area contributed by atoms with Crippen molar-refractivity contribution in [1.29, 1.82) is 0 Å². The SMILES string of the molecule is COCCNC(=S)NNC1=C[C@H](c2ccccc2)Oc2ccccc21. The summed E-state index contributed by atoms with van der Waals surface area (Å²) in [5.41, 5.74) is 9.21. The van der Waals surface area contributed by atoms with Gasteiger partial charge in [0.1, 0.15) is 11.9 Å². The van der Waals surface area contributed by atoms with E-state index in [4.69, 9.17) is 21.7 Å². The summed E-state index contributed by atoms with van der Waals surface area (Å²) in [5, 5.41) is 3.58. The number of hydrazine groups is 1. The second-order valence-corrected chi connectivity index (χ2v) is 5.93. The van der Waals surface area contributed by atoms with E-state index in [1.807, 2.05) is 48.5 Å². The van der Waals surface area contributed by atoms with Crippen molar-refractivity contribution in [3.63, 3.8) is 0 Å². The molecule has 1 aliphatic rings. The van der Waals surface area contributed by atoms with Crippen molar-refractivity contribution in [2.45, 2.75) is 6.10 Å². The van der Waals surface area contributed by atoms with Crippen molar-refractivity contribution >= 4 is 23.0 Å². The second kappa shape index (κ2) is 8.50. The maximum absolute atomic E-state index is 6.13. The summed E-state index contributed by atoms with van der Waals surface area (Å²) in [7, 11) is 1.66. The molecule has 0 amide bonds. The first kappa shape index (κ1) is 17.3. The maximum Gasteiger partial charge on any atom is 0.185 e. The van der Waals surface area contributed by atoms with Crippen LogP contribution in [0.2, 0.25) is 0 Å². The monoisotopic (exact) mass is 355 g/mol. The molecule has 0 saturated carbocycles. The highest BCUT2D eigenvalue weighted by atomic mass is 32.1. The molecule has 0 aliphatic carbocycles. The number of nitrogens with one attached hydrogen (secondary N) is 3. The fourth-order valence-electron chi connectivity index (χ4n) is 2.55. The van der Waals surface area contributed by atoms with Crippen LogP contribution in [0.1, 0.15) is 17.2 Å². The van der Waals surface area contributed by atoms with Crippen LogP contribution in [0, 0.1) is 0 Å². The van der Waals surface area contributed by atoms with Crippen LogP contribution in [-0.4, -0.2) is 25.4 Å². The van der Waals surface area contributed by atoms with E-state index in [2.05, 4.69) is 28.3 Å². The van der Waals surface area contributed by atoms with E-state index in [0.717, 1.165) is 22.6 Å². The van der Waals surface area contributed by atoms with Gasteiger partial charge in [-0.1, -0.05) is 42.5 Å². The van der Waals surface area contributed by atoms with Gasteiger partial charge < -0.3 is 14.8 Å². The van der Waals surface area contributed by atoms with Gasteiger partial charge in [-0.15, -0.1) is 0 Å². The van der Waals surface area contributed by atoms with Crippen molar-refractivity contribution in [2.24, 2.45) is 0 Å². The van der Waals surface area contributed by atoms with Crippen molar-refractivity contribution in [1.82, 2.24) is 16.2 Å². The molecule has 2 aromatic rings.